The van der Waals surface area contributed by atoms with Crippen LogP contribution < -0.4 is 4.72 Å². The van der Waals surface area contributed by atoms with Crippen LogP contribution in [-0.4, -0.2) is 26.3 Å². The number of carbonyl (C=O) groups excluding carboxylic acids is 2. The van der Waals surface area contributed by atoms with Gasteiger partial charge in [0.25, 0.3) is 0 Å². The lowest BCUT2D eigenvalue weighted by molar-refractivity contribution is -0.152. The summed E-state index contributed by atoms with van der Waals surface area (Å²) in [6.45, 7) is 1.69. The molecule has 4 saturated carbocycles. The Kier molecular flexibility index (Phi) is 5.69. The zero-order chi connectivity index (χ0) is 23.2. The largest absolute Gasteiger partial charge is 0.468 e. The van der Waals surface area contributed by atoms with Crippen molar-refractivity contribution in [2.24, 2.45) is 23.2 Å². The number of rotatable bonds is 8. The highest BCUT2D eigenvalue weighted by molar-refractivity contribution is 7.89. The summed E-state index contributed by atoms with van der Waals surface area (Å²) in [6.07, 6.45) is 7.17. The fourth-order valence-electron chi connectivity index (χ4n) is 6.56. The van der Waals surface area contributed by atoms with E-state index in [1.54, 1.807) is 19.1 Å². The maximum absolute atomic E-state index is 13.3. The number of ether oxygens (including phenoxy) is 1. The summed E-state index contributed by atoms with van der Waals surface area (Å²) in [5.41, 5.74) is -0.114. The van der Waals surface area contributed by atoms with Crippen molar-refractivity contribution < 1.29 is 27.2 Å². The molecule has 1 N–H and O–H groups in total. The molecule has 4 bridgehead atoms. The van der Waals surface area contributed by atoms with E-state index in [-0.39, 0.29) is 28.2 Å². The normalized spacial score (nSPS) is 29.1. The van der Waals surface area contributed by atoms with Gasteiger partial charge >= 0.3 is 5.97 Å². The van der Waals surface area contributed by atoms with Crippen LogP contribution in [0.1, 0.15) is 61.6 Å². The second-order valence-electron chi connectivity index (χ2n) is 10.0. The summed E-state index contributed by atoms with van der Waals surface area (Å²) in [4.78, 5) is 26.1. The second kappa shape index (κ2) is 8.40. The first-order valence-corrected chi connectivity index (χ1v) is 13.1. The molecule has 1 aromatic carbocycles. The zero-order valence-corrected chi connectivity index (χ0v) is 19.5. The molecule has 8 heteroatoms. The molecule has 4 aliphatic rings. The molecule has 1 heterocycles. The summed E-state index contributed by atoms with van der Waals surface area (Å²) in [7, 11) is -3.76. The average molecular weight is 472 g/mol. The summed E-state index contributed by atoms with van der Waals surface area (Å²) < 4.78 is 38.1. The van der Waals surface area contributed by atoms with Gasteiger partial charge in [0.15, 0.2) is 11.9 Å². The number of sulfonamides is 1. The number of nitrogens with one attached hydrogen (secondary N) is 1. The fraction of sp³-hybridized carbons (Fsp3) is 0.520. The lowest BCUT2D eigenvalue weighted by atomic mass is 9.48. The van der Waals surface area contributed by atoms with Gasteiger partial charge in [0.2, 0.25) is 10.0 Å². The Labute approximate surface area is 193 Å². The first-order valence-electron chi connectivity index (χ1n) is 11.6. The van der Waals surface area contributed by atoms with Crippen molar-refractivity contribution in [3.05, 3.63) is 54.0 Å². The fourth-order valence-corrected chi connectivity index (χ4v) is 7.55. The Bertz CT molecular complexity index is 1100. The van der Waals surface area contributed by atoms with Crippen LogP contribution in [0.15, 0.2) is 52.0 Å². The number of hydrogen-bond donors (Lipinski definition) is 1. The van der Waals surface area contributed by atoms with Gasteiger partial charge in [-0.15, -0.1) is 0 Å². The first-order chi connectivity index (χ1) is 15.7. The summed E-state index contributed by atoms with van der Waals surface area (Å²) in [5.74, 6) is 1.85. The van der Waals surface area contributed by atoms with E-state index in [1.807, 2.05) is 0 Å². The number of Topliss-reactive ketones (excluding diaryl/α,β-unsaturated/α-hetero) is 1. The van der Waals surface area contributed by atoms with Crippen LogP contribution in [0.2, 0.25) is 0 Å². The van der Waals surface area contributed by atoms with E-state index >= 15 is 0 Å². The SMILES string of the molecule is C[C@H](OC(=O)c1ccc(S(=O)(=O)NCc2ccco2)cc1)C(=O)C12CC3CC(CC(C3)C1)C2. The van der Waals surface area contributed by atoms with Crippen LogP contribution in [-0.2, 0) is 26.1 Å². The van der Waals surface area contributed by atoms with Crippen molar-refractivity contribution in [2.75, 3.05) is 0 Å². The van der Waals surface area contributed by atoms with E-state index in [0.29, 0.717) is 23.5 Å². The molecule has 0 amide bonds. The van der Waals surface area contributed by atoms with Crippen molar-refractivity contribution in [2.45, 2.75) is 63.0 Å². The van der Waals surface area contributed by atoms with Gasteiger partial charge in [-0.2, -0.15) is 0 Å². The molecule has 33 heavy (non-hydrogen) atoms. The minimum atomic E-state index is -3.76. The van der Waals surface area contributed by atoms with Crippen molar-refractivity contribution in [1.29, 1.82) is 0 Å². The third-order valence-corrected chi connectivity index (χ3v) is 9.05. The number of benzene rings is 1. The van der Waals surface area contributed by atoms with Crippen molar-refractivity contribution in [1.82, 2.24) is 4.72 Å². The molecule has 0 unspecified atom stereocenters. The quantitative estimate of drug-likeness (QED) is 0.582. The van der Waals surface area contributed by atoms with Gasteiger partial charge in [-0.1, -0.05) is 0 Å². The lowest BCUT2D eigenvalue weighted by Crippen LogP contribution is -2.52. The third-order valence-electron chi connectivity index (χ3n) is 7.63. The average Bonchev–Trinajstić information content (AvgIpc) is 3.30. The van der Waals surface area contributed by atoms with Crippen LogP contribution in [0, 0.1) is 23.2 Å². The minimum absolute atomic E-state index is 0.0308. The molecule has 7 nitrogen and oxygen atoms in total. The Morgan fingerprint density at radius 3 is 2.21 bits per heavy atom. The molecular formula is C25H29NO6S. The molecule has 0 spiro atoms. The molecule has 176 valence electrons. The Hall–Kier alpha value is -2.45. The highest BCUT2D eigenvalue weighted by Crippen LogP contribution is 2.60. The van der Waals surface area contributed by atoms with Gasteiger partial charge in [-0.25, -0.2) is 17.9 Å². The standard InChI is InChI=1S/C25H29NO6S/c1-16(23(27)25-12-17-9-18(13-25)11-19(10-17)14-25)32-24(28)20-4-6-22(7-5-20)33(29,30)26-15-21-3-2-8-31-21/h2-8,16-19,26H,9-15H2,1H3/t16-,17?,18?,19?,25?/m0/s1. The van der Waals surface area contributed by atoms with Gasteiger partial charge in [0, 0.05) is 5.41 Å². The third kappa shape index (κ3) is 4.38. The van der Waals surface area contributed by atoms with Crippen LogP contribution in [0.5, 0.6) is 0 Å². The van der Waals surface area contributed by atoms with Gasteiger partial charge in [0.1, 0.15) is 5.76 Å². The molecule has 4 aliphatic carbocycles. The number of hydrogen-bond acceptors (Lipinski definition) is 6. The second-order valence-corrected chi connectivity index (χ2v) is 11.8. The molecule has 1 atom stereocenters. The maximum atomic E-state index is 13.3. The molecule has 6 rings (SSSR count). The molecular weight excluding hydrogens is 442 g/mol. The molecule has 0 saturated heterocycles. The Morgan fingerprint density at radius 2 is 1.67 bits per heavy atom. The smallest absolute Gasteiger partial charge is 0.338 e. The molecule has 1 aromatic heterocycles. The van der Waals surface area contributed by atoms with Crippen LogP contribution in [0.25, 0.3) is 0 Å². The van der Waals surface area contributed by atoms with Gasteiger partial charge in [-0.3, -0.25) is 4.79 Å². The number of furan rings is 1. The molecule has 0 aliphatic heterocycles. The van der Waals surface area contributed by atoms with E-state index in [2.05, 4.69) is 4.72 Å². The van der Waals surface area contributed by atoms with Gasteiger partial charge in [0.05, 0.1) is 23.3 Å². The van der Waals surface area contributed by atoms with Gasteiger partial charge in [-0.05, 0) is 99.6 Å². The van der Waals surface area contributed by atoms with Gasteiger partial charge < -0.3 is 9.15 Å². The predicted octanol–water partition coefficient (Wildman–Crippen LogP) is 4.09. The Morgan fingerprint density at radius 1 is 1.06 bits per heavy atom. The minimum Gasteiger partial charge on any atom is -0.468 e. The molecule has 2 aromatic rings. The molecule has 4 fully saturated rings. The summed E-state index contributed by atoms with van der Waals surface area (Å²) in [6, 6.07) is 8.88. The predicted molar refractivity (Wildman–Crippen MR) is 120 cm³/mol. The first kappa shape index (κ1) is 22.3. The molecule has 0 radical (unpaired) electrons. The highest BCUT2D eigenvalue weighted by Gasteiger charge is 2.55. The number of esters is 1. The topological polar surface area (TPSA) is 103 Å². The maximum Gasteiger partial charge on any atom is 0.338 e. The van der Waals surface area contributed by atoms with Crippen molar-refractivity contribution >= 4 is 21.8 Å². The van der Waals surface area contributed by atoms with E-state index in [0.717, 1.165) is 19.3 Å². The van der Waals surface area contributed by atoms with Crippen molar-refractivity contribution in [3.8, 4) is 0 Å². The van der Waals surface area contributed by atoms with Crippen molar-refractivity contribution in [3.63, 3.8) is 0 Å². The highest BCUT2D eigenvalue weighted by atomic mass is 32.2. The van der Waals surface area contributed by atoms with E-state index in [9.17, 15) is 18.0 Å². The Balaban J connectivity index is 1.21. The zero-order valence-electron chi connectivity index (χ0n) is 18.7. The number of carbonyl (C=O) groups is 2. The van der Waals surface area contributed by atoms with Crippen LogP contribution in [0.4, 0.5) is 0 Å². The summed E-state index contributed by atoms with van der Waals surface area (Å²) >= 11 is 0. The van der Waals surface area contributed by atoms with Crippen LogP contribution >= 0.6 is 0 Å². The van der Waals surface area contributed by atoms with E-state index in [1.165, 1.54) is 49.8 Å². The van der Waals surface area contributed by atoms with E-state index in [4.69, 9.17) is 9.15 Å². The number of ketones is 1. The summed E-state index contributed by atoms with van der Waals surface area (Å²) in [5, 5.41) is 0. The monoisotopic (exact) mass is 471 g/mol. The lowest BCUT2D eigenvalue weighted by Gasteiger charge is -2.56. The van der Waals surface area contributed by atoms with Crippen LogP contribution in [0.3, 0.4) is 0 Å². The van der Waals surface area contributed by atoms with E-state index < -0.39 is 22.1 Å².